The molecule has 0 saturated carbocycles. The van der Waals surface area contributed by atoms with Gasteiger partial charge in [-0.25, -0.2) is 0 Å². The summed E-state index contributed by atoms with van der Waals surface area (Å²) in [5.74, 6) is 0.0305. The Labute approximate surface area is 102 Å². The van der Waals surface area contributed by atoms with Crippen molar-refractivity contribution in [1.82, 2.24) is 4.90 Å². The van der Waals surface area contributed by atoms with Crippen molar-refractivity contribution in [2.45, 2.75) is 13.8 Å². The van der Waals surface area contributed by atoms with Crippen LogP contribution in [-0.2, 0) is 0 Å². The maximum Gasteiger partial charge on any atom is 0.204 e. The van der Waals surface area contributed by atoms with Crippen molar-refractivity contribution in [2.75, 3.05) is 19.0 Å². The number of nitrogens with zero attached hydrogens (tertiary/aromatic N) is 2. The van der Waals surface area contributed by atoms with E-state index in [9.17, 15) is 0 Å². The molecule has 0 aliphatic heterocycles. The number of hydrogen-bond acceptors (Lipinski definition) is 2. The zero-order chi connectivity index (χ0) is 13.2. The second-order valence-electron chi connectivity index (χ2n) is 4.07. The summed E-state index contributed by atoms with van der Waals surface area (Å²) in [4.78, 5) is 3.05. The highest BCUT2D eigenvalue weighted by molar-refractivity contribution is 6.03. The van der Waals surface area contributed by atoms with Crippen LogP contribution in [0.2, 0.25) is 0 Å². The van der Waals surface area contributed by atoms with Gasteiger partial charge in [-0.05, 0) is 25.0 Å². The van der Waals surface area contributed by atoms with E-state index >= 15 is 0 Å². The number of para-hydroxylation sites is 1. The van der Waals surface area contributed by atoms with E-state index in [0.29, 0.717) is 0 Å². The number of hydrogen-bond donors (Lipinski definition) is 3. The third kappa shape index (κ3) is 2.55. The van der Waals surface area contributed by atoms with Crippen LogP contribution in [0.3, 0.4) is 0 Å². The predicted octanol–water partition coefficient (Wildman–Crippen LogP) is 1.50. The van der Waals surface area contributed by atoms with Crippen LogP contribution in [0.25, 0.3) is 0 Å². The van der Waals surface area contributed by atoms with Crippen LogP contribution in [0.5, 0.6) is 0 Å². The molecule has 0 fully saturated rings. The topological polar surface area (TPSA) is 80.2 Å². The lowest BCUT2D eigenvalue weighted by Gasteiger charge is -2.29. The van der Waals surface area contributed by atoms with Gasteiger partial charge in [0, 0.05) is 19.8 Å². The molecule has 0 spiro atoms. The molecule has 0 bridgehead atoms. The fraction of sp³-hybridized carbons (Fsp3) is 0.333. The Hall–Kier alpha value is -2.04. The maximum absolute atomic E-state index is 7.99. The van der Waals surface area contributed by atoms with Crippen molar-refractivity contribution >= 4 is 17.6 Å². The Morgan fingerprint density at radius 1 is 1.12 bits per heavy atom. The van der Waals surface area contributed by atoms with Crippen LogP contribution in [-0.4, -0.2) is 30.9 Å². The molecule has 0 aliphatic carbocycles. The van der Waals surface area contributed by atoms with Gasteiger partial charge in [0.05, 0.1) is 0 Å². The molecule has 1 aromatic rings. The number of guanidine groups is 2. The van der Waals surface area contributed by atoms with E-state index in [1.807, 2.05) is 32.0 Å². The van der Waals surface area contributed by atoms with E-state index in [1.54, 1.807) is 19.0 Å². The molecule has 5 nitrogen and oxygen atoms in total. The van der Waals surface area contributed by atoms with Gasteiger partial charge in [-0.3, -0.25) is 15.7 Å². The van der Waals surface area contributed by atoms with Crippen molar-refractivity contribution in [1.29, 1.82) is 10.8 Å². The molecular weight excluding hydrogens is 214 g/mol. The lowest BCUT2D eigenvalue weighted by Crippen LogP contribution is -2.46. The summed E-state index contributed by atoms with van der Waals surface area (Å²) in [5.41, 5.74) is 8.53. The summed E-state index contributed by atoms with van der Waals surface area (Å²) >= 11 is 0. The SMILES string of the molecule is Cc1cccc(C)c1N(C)C(=N)N(C)C(=N)N. The Morgan fingerprint density at radius 2 is 1.59 bits per heavy atom. The summed E-state index contributed by atoms with van der Waals surface area (Å²) in [7, 11) is 3.41. The molecular formula is C12H19N5. The first-order valence-electron chi connectivity index (χ1n) is 5.32. The maximum atomic E-state index is 7.99. The Bertz CT molecular complexity index is 432. The van der Waals surface area contributed by atoms with Crippen LogP contribution in [0, 0.1) is 24.7 Å². The first kappa shape index (κ1) is 13.0. The molecule has 92 valence electrons. The lowest BCUT2D eigenvalue weighted by atomic mass is 10.1. The molecule has 4 N–H and O–H groups in total. The summed E-state index contributed by atoms with van der Waals surface area (Å²) in [6, 6.07) is 5.99. The molecule has 5 heteroatoms. The van der Waals surface area contributed by atoms with Gasteiger partial charge in [-0.2, -0.15) is 0 Å². The number of aryl methyl sites for hydroxylation is 2. The highest BCUT2D eigenvalue weighted by Gasteiger charge is 2.16. The summed E-state index contributed by atoms with van der Waals surface area (Å²) < 4.78 is 0. The molecule has 1 aromatic carbocycles. The first-order chi connectivity index (χ1) is 7.86. The van der Waals surface area contributed by atoms with Gasteiger partial charge in [0.25, 0.3) is 0 Å². The third-order valence-corrected chi connectivity index (χ3v) is 2.77. The van der Waals surface area contributed by atoms with Crippen molar-refractivity contribution in [3.63, 3.8) is 0 Å². The van der Waals surface area contributed by atoms with E-state index < -0.39 is 0 Å². The van der Waals surface area contributed by atoms with Crippen molar-refractivity contribution in [3.05, 3.63) is 29.3 Å². The summed E-state index contributed by atoms with van der Waals surface area (Å²) in [6.07, 6.45) is 0. The van der Waals surface area contributed by atoms with Gasteiger partial charge in [-0.15, -0.1) is 0 Å². The first-order valence-corrected chi connectivity index (χ1v) is 5.32. The average Bonchev–Trinajstić information content (AvgIpc) is 2.26. The highest BCUT2D eigenvalue weighted by atomic mass is 15.4. The highest BCUT2D eigenvalue weighted by Crippen LogP contribution is 2.23. The largest absolute Gasteiger partial charge is 0.370 e. The van der Waals surface area contributed by atoms with Crippen LogP contribution in [0.1, 0.15) is 11.1 Å². The molecule has 17 heavy (non-hydrogen) atoms. The van der Waals surface area contributed by atoms with E-state index in [1.165, 1.54) is 4.90 Å². The van der Waals surface area contributed by atoms with Crippen LogP contribution in [0.15, 0.2) is 18.2 Å². The molecule has 0 radical (unpaired) electrons. The van der Waals surface area contributed by atoms with Gasteiger partial charge in [0.15, 0.2) is 5.96 Å². The molecule has 0 heterocycles. The molecule has 0 atom stereocenters. The standard InChI is InChI=1S/C12H19N5/c1-8-6-5-7-9(2)10(8)16(3)12(15)17(4)11(13)14/h5-7,15H,1-4H3,(H3,13,14). The Balaban J connectivity index is 3.09. The van der Waals surface area contributed by atoms with Crippen molar-refractivity contribution in [2.24, 2.45) is 5.73 Å². The molecule has 0 aromatic heterocycles. The van der Waals surface area contributed by atoms with E-state index in [0.717, 1.165) is 16.8 Å². The molecule has 0 unspecified atom stereocenters. The second kappa shape index (κ2) is 4.86. The minimum Gasteiger partial charge on any atom is -0.370 e. The minimum absolute atomic E-state index is 0.145. The molecule has 0 saturated heterocycles. The zero-order valence-corrected chi connectivity index (χ0v) is 10.7. The van der Waals surface area contributed by atoms with Crippen LogP contribution < -0.4 is 10.6 Å². The minimum atomic E-state index is -0.145. The van der Waals surface area contributed by atoms with Gasteiger partial charge in [0.1, 0.15) is 0 Å². The van der Waals surface area contributed by atoms with Crippen molar-refractivity contribution in [3.8, 4) is 0 Å². The van der Waals surface area contributed by atoms with Gasteiger partial charge in [0.2, 0.25) is 5.96 Å². The normalized spacial score (nSPS) is 9.88. The molecule has 0 amide bonds. The number of rotatable bonds is 1. The number of nitrogens with one attached hydrogen (secondary N) is 2. The third-order valence-electron chi connectivity index (χ3n) is 2.77. The fourth-order valence-electron chi connectivity index (χ4n) is 1.78. The summed E-state index contributed by atoms with van der Waals surface area (Å²) in [5, 5.41) is 15.3. The van der Waals surface area contributed by atoms with Crippen molar-refractivity contribution < 1.29 is 0 Å². The van der Waals surface area contributed by atoms with Gasteiger partial charge < -0.3 is 10.6 Å². The lowest BCUT2D eigenvalue weighted by molar-refractivity contribution is 0.707. The van der Waals surface area contributed by atoms with Gasteiger partial charge >= 0.3 is 0 Å². The number of benzene rings is 1. The monoisotopic (exact) mass is 233 g/mol. The number of nitrogens with two attached hydrogens (primary N) is 1. The van der Waals surface area contributed by atoms with Crippen LogP contribution >= 0.6 is 0 Å². The average molecular weight is 233 g/mol. The Morgan fingerprint density at radius 3 is 2.00 bits per heavy atom. The summed E-state index contributed by atoms with van der Waals surface area (Å²) in [6.45, 7) is 4.00. The number of anilines is 1. The molecule has 0 aliphatic rings. The zero-order valence-electron chi connectivity index (χ0n) is 10.7. The van der Waals surface area contributed by atoms with E-state index in [2.05, 4.69) is 0 Å². The molecule has 1 rings (SSSR count). The van der Waals surface area contributed by atoms with E-state index in [4.69, 9.17) is 16.6 Å². The fourth-order valence-corrected chi connectivity index (χ4v) is 1.78. The predicted molar refractivity (Wildman–Crippen MR) is 71.7 cm³/mol. The van der Waals surface area contributed by atoms with E-state index in [-0.39, 0.29) is 11.9 Å². The van der Waals surface area contributed by atoms with Crippen LogP contribution in [0.4, 0.5) is 5.69 Å². The smallest absolute Gasteiger partial charge is 0.204 e. The quantitative estimate of drug-likeness (QED) is 0.508. The second-order valence-corrected chi connectivity index (χ2v) is 4.07. The Kier molecular flexibility index (Phi) is 3.73. The van der Waals surface area contributed by atoms with Gasteiger partial charge in [-0.1, -0.05) is 18.2 Å².